The summed E-state index contributed by atoms with van der Waals surface area (Å²) in [7, 11) is 1.86. The van der Waals surface area contributed by atoms with E-state index in [0.717, 1.165) is 31.0 Å². The van der Waals surface area contributed by atoms with Crippen molar-refractivity contribution in [3.63, 3.8) is 0 Å². The van der Waals surface area contributed by atoms with Gasteiger partial charge in [-0.3, -0.25) is 4.79 Å². The number of benzene rings is 1. The maximum Gasteiger partial charge on any atom is 0.221 e. The zero-order valence-corrected chi connectivity index (χ0v) is 12.1. The first-order chi connectivity index (χ1) is 9.16. The maximum atomic E-state index is 11.7. The number of amides is 1. The molecule has 1 aliphatic rings. The van der Waals surface area contributed by atoms with Gasteiger partial charge in [0.2, 0.25) is 5.91 Å². The van der Waals surface area contributed by atoms with Crippen LogP contribution in [0.1, 0.15) is 31.2 Å². The van der Waals surface area contributed by atoms with E-state index in [1.165, 1.54) is 12.0 Å². The molecule has 1 aromatic rings. The topological polar surface area (TPSA) is 41.1 Å². The highest BCUT2D eigenvalue weighted by molar-refractivity contribution is 6.30. The number of hydrogen-bond acceptors (Lipinski definition) is 2. The van der Waals surface area contributed by atoms with Crippen LogP contribution in [0.4, 0.5) is 0 Å². The van der Waals surface area contributed by atoms with Crippen molar-refractivity contribution < 1.29 is 4.79 Å². The van der Waals surface area contributed by atoms with Gasteiger partial charge in [-0.25, -0.2) is 0 Å². The molecule has 2 rings (SSSR count). The van der Waals surface area contributed by atoms with Gasteiger partial charge in [-0.1, -0.05) is 30.2 Å². The van der Waals surface area contributed by atoms with Crippen LogP contribution in [0.25, 0.3) is 0 Å². The van der Waals surface area contributed by atoms with E-state index in [0.29, 0.717) is 6.42 Å². The van der Waals surface area contributed by atoms with Gasteiger partial charge in [-0.05, 0) is 37.6 Å². The predicted molar refractivity (Wildman–Crippen MR) is 78.5 cm³/mol. The number of carbonyl (C=O) groups is 1. The van der Waals surface area contributed by atoms with Gasteiger partial charge in [-0.2, -0.15) is 0 Å². The minimum absolute atomic E-state index is 0.120. The van der Waals surface area contributed by atoms with Gasteiger partial charge in [0, 0.05) is 29.9 Å². The van der Waals surface area contributed by atoms with Crippen molar-refractivity contribution in [2.24, 2.45) is 0 Å². The van der Waals surface area contributed by atoms with Gasteiger partial charge >= 0.3 is 0 Å². The summed E-state index contributed by atoms with van der Waals surface area (Å²) < 4.78 is 0. The highest BCUT2D eigenvalue weighted by atomic mass is 35.5. The summed E-state index contributed by atoms with van der Waals surface area (Å²) in [6, 6.07) is 8.03. The first kappa shape index (κ1) is 14.4. The number of hydrogen-bond donors (Lipinski definition) is 2. The summed E-state index contributed by atoms with van der Waals surface area (Å²) in [5, 5.41) is 6.81. The van der Waals surface area contributed by atoms with Crippen molar-refractivity contribution in [2.45, 2.75) is 31.1 Å². The Morgan fingerprint density at radius 1 is 1.32 bits per heavy atom. The molecule has 1 aromatic carbocycles. The highest BCUT2D eigenvalue weighted by Crippen LogP contribution is 2.43. The normalized spacial score (nSPS) is 16.7. The van der Waals surface area contributed by atoms with Gasteiger partial charge in [-0.15, -0.1) is 0 Å². The average Bonchev–Trinajstić information content (AvgIpc) is 2.37. The molecule has 0 radical (unpaired) electrons. The molecule has 104 valence electrons. The largest absolute Gasteiger partial charge is 0.355 e. The van der Waals surface area contributed by atoms with Crippen LogP contribution >= 0.6 is 11.6 Å². The number of carbonyl (C=O) groups excluding carboxylic acids is 1. The quantitative estimate of drug-likeness (QED) is 0.841. The van der Waals surface area contributed by atoms with Crippen LogP contribution in [-0.2, 0) is 10.2 Å². The van der Waals surface area contributed by atoms with E-state index in [-0.39, 0.29) is 11.3 Å². The van der Waals surface area contributed by atoms with E-state index in [2.05, 4.69) is 22.8 Å². The van der Waals surface area contributed by atoms with Crippen LogP contribution in [0, 0.1) is 0 Å². The molecule has 1 saturated carbocycles. The van der Waals surface area contributed by atoms with E-state index in [1.54, 1.807) is 0 Å². The Morgan fingerprint density at radius 2 is 2.00 bits per heavy atom. The molecule has 0 unspecified atom stereocenters. The Bertz CT molecular complexity index is 426. The maximum absolute atomic E-state index is 11.7. The molecule has 1 amide bonds. The second-order valence-electron chi connectivity index (χ2n) is 5.27. The van der Waals surface area contributed by atoms with Crippen molar-refractivity contribution in [2.75, 3.05) is 20.1 Å². The Hall–Kier alpha value is -1.06. The van der Waals surface area contributed by atoms with Crippen LogP contribution in [-0.4, -0.2) is 26.0 Å². The first-order valence-electron chi connectivity index (χ1n) is 6.84. The molecule has 0 saturated heterocycles. The van der Waals surface area contributed by atoms with Crippen LogP contribution in [0.15, 0.2) is 24.3 Å². The molecule has 4 heteroatoms. The lowest BCUT2D eigenvalue weighted by atomic mass is 9.64. The zero-order chi connectivity index (χ0) is 13.7. The number of nitrogens with one attached hydrogen (secondary N) is 2. The second-order valence-corrected chi connectivity index (χ2v) is 5.71. The Balaban J connectivity index is 1.95. The molecule has 0 atom stereocenters. The van der Waals surface area contributed by atoms with E-state index in [4.69, 9.17) is 11.6 Å². The summed E-state index contributed by atoms with van der Waals surface area (Å²) >= 11 is 5.93. The molecule has 2 N–H and O–H groups in total. The van der Waals surface area contributed by atoms with Crippen molar-refractivity contribution in [1.82, 2.24) is 10.6 Å². The lowest BCUT2D eigenvalue weighted by Crippen LogP contribution is -2.45. The molecular formula is C15H21ClN2O. The van der Waals surface area contributed by atoms with E-state index >= 15 is 0 Å². The number of rotatable bonds is 6. The van der Waals surface area contributed by atoms with Crippen molar-refractivity contribution in [3.05, 3.63) is 34.9 Å². The lowest BCUT2D eigenvalue weighted by Gasteiger charge is -2.42. The Morgan fingerprint density at radius 3 is 2.53 bits per heavy atom. The lowest BCUT2D eigenvalue weighted by molar-refractivity contribution is -0.121. The van der Waals surface area contributed by atoms with Gasteiger partial charge < -0.3 is 10.6 Å². The molecule has 19 heavy (non-hydrogen) atoms. The zero-order valence-electron chi connectivity index (χ0n) is 11.3. The molecule has 1 fully saturated rings. The summed E-state index contributed by atoms with van der Waals surface area (Å²) in [5.41, 5.74) is 1.41. The first-order valence-corrected chi connectivity index (χ1v) is 7.21. The molecule has 0 bridgehead atoms. The summed E-state index contributed by atoms with van der Waals surface area (Å²) in [6.45, 7) is 1.46. The predicted octanol–water partition coefficient (Wildman–Crippen LogP) is 2.49. The fourth-order valence-corrected chi connectivity index (χ4v) is 2.70. The molecular weight excluding hydrogens is 260 g/mol. The van der Waals surface area contributed by atoms with Crippen molar-refractivity contribution >= 4 is 17.5 Å². The average molecular weight is 281 g/mol. The molecule has 3 nitrogen and oxygen atoms in total. The van der Waals surface area contributed by atoms with Gasteiger partial charge in [0.1, 0.15) is 0 Å². The fourth-order valence-electron chi connectivity index (χ4n) is 2.57. The van der Waals surface area contributed by atoms with E-state index < -0.39 is 0 Å². The van der Waals surface area contributed by atoms with Crippen LogP contribution in [0.5, 0.6) is 0 Å². The molecule has 0 spiro atoms. The molecule has 1 aliphatic carbocycles. The molecule has 0 aromatic heterocycles. The SMILES string of the molecule is CNCCC(=O)NCC1(c2ccc(Cl)cc2)CCC1. The summed E-state index contributed by atoms with van der Waals surface area (Å²) in [6.07, 6.45) is 4.05. The molecule has 0 heterocycles. The standard InChI is InChI=1S/C15H21ClN2O/c1-17-10-7-14(19)18-11-15(8-2-9-15)12-3-5-13(16)6-4-12/h3-6,17H,2,7-11H2,1H3,(H,18,19). The smallest absolute Gasteiger partial charge is 0.221 e. The second kappa shape index (κ2) is 6.40. The highest BCUT2D eigenvalue weighted by Gasteiger charge is 2.38. The van der Waals surface area contributed by atoms with E-state index in [1.807, 2.05) is 19.2 Å². The van der Waals surface area contributed by atoms with Gasteiger partial charge in [0.05, 0.1) is 0 Å². The Labute approximate surface area is 119 Å². The Kier molecular flexibility index (Phi) is 4.83. The van der Waals surface area contributed by atoms with Crippen LogP contribution < -0.4 is 10.6 Å². The third-order valence-electron chi connectivity index (χ3n) is 3.99. The van der Waals surface area contributed by atoms with Gasteiger partial charge in [0.25, 0.3) is 0 Å². The fraction of sp³-hybridized carbons (Fsp3) is 0.533. The third kappa shape index (κ3) is 3.48. The van der Waals surface area contributed by atoms with Gasteiger partial charge in [0.15, 0.2) is 0 Å². The monoisotopic (exact) mass is 280 g/mol. The minimum Gasteiger partial charge on any atom is -0.355 e. The van der Waals surface area contributed by atoms with Crippen LogP contribution in [0.2, 0.25) is 5.02 Å². The third-order valence-corrected chi connectivity index (χ3v) is 4.25. The van der Waals surface area contributed by atoms with Crippen molar-refractivity contribution in [1.29, 1.82) is 0 Å². The van der Waals surface area contributed by atoms with Crippen molar-refractivity contribution in [3.8, 4) is 0 Å². The number of halogens is 1. The van der Waals surface area contributed by atoms with E-state index in [9.17, 15) is 4.79 Å². The summed E-state index contributed by atoms with van der Waals surface area (Å²) in [5.74, 6) is 0.120. The minimum atomic E-state index is 0.120. The summed E-state index contributed by atoms with van der Waals surface area (Å²) in [4.78, 5) is 11.7. The molecule has 0 aliphatic heterocycles. The van der Waals surface area contributed by atoms with Crippen LogP contribution in [0.3, 0.4) is 0 Å².